The summed E-state index contributed by atoms with van der Waals surface area (Å²) in [6.07, 6.45) is 6.38. The molecule has 1 aliphatic carbocycles. The van der Waals surface area contributed by atoms with E-state index in [0.29, 0.717) is 12.3 Å². The number of nitrogens with zero attached hydrogens (tertiary/aromatic N) is 1. The van der Waals surface area contributed by atoms with Gasteiger partial charge in [-0.05, 0) is 42.9 Å². The predicted octanol–water partition coefficient (Wildman–Crippen LogP) is 1.87. The highest BCUT2D eigenvalue weighted by Gasteiger charge is 2.38. The molecule has 1 aromatic carbocycles. The van der Waals surface area contributed by atoms with Crippen LogP contribution in [0.3, 0.4) is 0 Å². The lowest BCUT2D eigenvalue weighted by Crippen LogP contribution is -2.43. The van der Waals surface area contributed by atoms with Crippen LogP contribution in [0.25, 0.3) is 0 Å². The minimum absolute atomic E-state index is 0.0366. The smallest absolute Gasteiger partial charge is 0.243 e. The largest absolute Gasteiger partial charge is 0.329 e. The van der Waals surface area contributed by atoms with Crippen LogP contribution in [0.4, 0.5) is 0 Å². The number of nitrogens with two attached hydrogens (primary N) is 1. The lowest BCUT2D eigenvalue weighted by atomic mass is 9.84. The van der Waals surface area contributed by atoms with Gasteiger partial charge >= 0.3 is 0 Å². The molecule has 0 radical (unpaired) electrons. The Bertz CT molecular complexity index is 813. The van der Waals surface area contributed by atoms with Crippen molar-refractivity contribution in [2.45, 2.75) is 55.4 Å². The van der Waals surface area contributed by atoms with Gasteiger partial charge < -0.3 is 5.73 Å². The molecule has 146 valence electrons. The Labute approximate surface area is 156 Å². The van der Waals surface area contributed by atoms with Crippen molar-refractivity contribution in [3.8, 4) is 0 Å². The molecule has 1 atom stereocenters. The third-order valence-electron chi connectivity index (χ3n) is 5.53. The fraction of sp³-hybridized carbons (Fsp3) is 0.667. The molecular formula is C18H28N2O4S2. The summed E-state index contributed by atoms with van der Waals surface area (Å²) in [4.78, 5) is 0.217. The van der Waals surface area contributed by atoms with Crippen molar-refractivity contribution in [1.29, 1.82) is 0 Å². The number of hydrogen-bond donors (Lipinski definition) is 1. The molecule has 0 amide bonds. The van der Waals surface area contributed by atoms with E-state index in [4.69, 9.17) is 5.73 Å². The normalized spacial score (nSPS) is 24.2. The summed E-state index contributed by atoms with van der Waals surface area (Å²) < 4.78 is 51.0. The Balaban J connectivity index is 1.82. The molecular weight excluding hydrogens is 372 g/mol. The molecule has 2 N–H and O–H groups in total. The minimum Gasteiger partial charge on any atom is -0.329 e. The van der Waals surface area contributed by atoms with Gasteiger partial charge in [0.2, 0.25) is 10.0 Å². The van der Waals surface area contributed by atoms with Gasteiger partial charge in [0.05, 0.1) is 16.4 Å². The van der Waals surface area contributed by atoms with Gasteiger partial charge in [0.25, 0.3) is 0 Å². The number of sulfonamides is 1. The van der Waals surface area contributed by atoms with E-state index >= 15 is 0 Å². The average Bonchev–Trinajstić information content (AvgIpc) is 2.99. The summed E-state index contributed by atoms with van der Waals surface area (Å²) >= 11 is 0. The summed E-state index contributed by atoms with van der Waals surface area (Å²) in [5, 5.41) is 0. The van der Waals surface area contributed by atoms with Crippen LogP contribution >= 0.6 is 0 Å². The lowest BCUT2D eigenvalue weighted by Gasteiger charge is -2.27. The molecule has 0 spiro atoms. The maximum Gasteiger partial charge on any atom is 0.243 e. The molecule has 1 saturated carbocycles. The fourth-order valence-corrected chi connectivity index (χ4v) is 7.61. The quantitative estimate of drug-likeness (QED) is 0.786. The van der Waals surface area contributed by atoms with Gasteiger partial charge in [0, 0.05) is 19.1 Å². The van der Waals surface area contributed by atoms with Gasteiger partial charge in [0.1, 0.15) is 0 Å². The molecule has 1 saturated heterocycles. The summed E-state index contributed by atoms with van der Waals surface area (Å²) in [6.45, 7) is 0.294. The van der Waals surface area contributed by atoms with Crippen LogP contribution in [-0.4, -0.2) is 51.8 Å². The van der Waals surface area contributed by atoms with Crippen LogP contribution in [0.2, 0.25) is 0 Å². The standard InChI is InChI=1S/C18H28N2O4S2/c19-11-12-20(17-10-13-25(21,22)14-17)26(23,24)18-8-6-16(7-9-18)15-4-2-1-3-5-15/h6-9,15,17H,1-5,10-14,19H2/t17-/m1/s1. The van der Waals surface area contributed by atoms with Crippen molar-refractivity contribution in [3.05, 3.63) is 29.8 Å². The van der Waals surface area contributed by atoms with E-state index in [-0.39, 0.29) is 29.5 Å². The fourth-order valence-electron chi connectivity index (χ4n) is 4.11. The Morgan fingerprint density at radius 3 is 2.23 bits per heavy atom. The van der Waals surface area contributed by atoms with Crippen molar-refractivity contribution >= 4 is 19.9 Å². The van der Waals surface area contributed by atoms with E-state index in [9.17, 15) is 16.8 Å². The molecule has 2 aliphatic rings. The molecule has 0 bridgehead atoms. The summed E-state index contributed by atoms with van der Waals surface area (Å²) in [5.41, 5.74) is 6.80. The van der Waals surface area contributed by atoms with Gasteiger partial charge in [-0.15, -0.1) is 0 Å². The number of hydrogen-bond acceptors (Lipinski definition) is 5. The highest BCUT2D eigenvalue weighted by atomic mass is 32.2. The molecule has 3 rings (SSSR count). The first kappa shape index (κ1) is 19.8. The van der Waals surface area contributed by atoms with Crippen molar-refractivity contribution in [3.63, 3.8) is 0 Å². The zero-order valence-corrected chi connectivity index (χ0v) is 16.6. The van der Waals surface area contributed by atoms with Gasteiger partial charge in [-0.3, -0.25) is 0 Å². The van der Waals surface area contributed by atoms with Crippen LogP contribution in [0, 0.1) is 0 Å². The summed E-state index contributed by atoms with van der Waals surface area (Å²) in [5.74, 6) is 0.432. The first-order valence-corrected chi connectivity index (χ1v) is 12.6. The zero-order chi connectivity index (χ0) is 18.8. The first-order chi connectivity index (χ1) is 12.3. The number of sulfone groups is 1. The first-order valence-electron chi connectivity index (χ1n) is 9.36. The summed E-state index contributed by atoms with van der Waals surface area (Å²) in [7, 11) is -6.92. The highest BCUT2D eigenvalue weighted by Crippen LogP contribution is 2.33. The maximum absolute atomic E-state index is 13.1. The van der Waals surface area contributed by atoms with E-state index < -0.39 is 25.9 Å². The SMILES string of the molecule is NCCN([C@@H]1CCS(=O)(=O)C1)S(=O)(=O)c1ccc(C2CCCCC2)cc1. The van der Waals surface area contributed by atoms with Crippen LogP contribution in [0.1, 0.15) is 50.0 Å². The van der Waals surface area contributed by atoms with E-state index in [2.05, 4.69) is 0 Å². The van der Waals surface area contributed by atoms with E-state index in [1.165, 1.54) is 29.1 Å². The monoisotopic (exact) mass is 400 g/mol. The van der Waals surface area contributed by atoms with E-state index in [1.54, 1.807) is 12.1 Å². The number of benzene rings is 1. The van der Waals surface area contributed by atoms with E-state index in [0.717, 1.165) is 12.8 Å². The second-order valence-corrected chi connectivity index (χ2v) is 11.5. The molecule has 8 heteroatoms. The van der Waals surface area contributed by atoms with Gasteiger partial charge in [-0.2, -0.15) is 4.31 Å². The minimum atomic E-state index is -3.76. The molecule has 1 aliphatic heterocycles. The molecule has 1 aromatic rings. The van der Waals surface area contributed by atoms with Crippen LogP contribution < -0.4 is 5.73 Å². The Kier molecular flexibility index (Phi) is 6.06. The van der Waals surface area contributed by atoms with Crippen molar-refractivity contribution < 1.29 is 16.8 Å². The second-order valence-electron chi connectivity index (χ2n) is 7.37. The topological polar surface area (TPSA) is 97.5 Å². The maximum atomic E-state index is 13.1. The molecule has 26 heavy (non-hydrogen) atoms. The van der Waals surface area contributed by atoms with Crippen LogP contribution in [0.5, 0.6) is 0 Å². The van der Waals surface area contributed by atoms with Crippen LogP contribution in [-0.2, 0) is 19.9 Å². The zero-order valence-electron chi connectivity index (χ0n) is 15.0. The molecule has 0 unspecified atom stereocenters. The van der Waals surface area contributed by atoms with Crippen molar-refractivity contribution in [2.24, 2.45) is 5.73 Å². The second kappa shape index (κ2) is 7.96. The highest BCUT2D eigenvalue weighted by molar-refractivity contribution is 7.92. The van der Waals surface area contributed by atoms with Crippen molar-refractivity contribution in [1.82, 2.24) is 4.31 Å². The van der Waals surface area contributed by atoms with Crippen LogP contribution in [0.15, 0.2) is 29.2 Å². The molecule has 6 nitrogen and oxygen atoms in total. The van der Waals surface area contributed by atoms with Gasteiger partial charge in [-0.1, -0.05) is 31.4 Å². The number of rotatable bonds is 6. The Hall–Kier alpha value is -0.960. The summed E-state index contributed by atoms with van der Waals surface area (Å²) in [6, 6.07) is 6.62. The van der Waals surface area contributed by atoms with E-state index in [1.807, 2.05) is 12.1 Å². The third-order valence-corrected chi connectivity index (χ3v) is 9.24. The molecule has 1 heterocycles. The van der Waals surface area contributed by atoms with Gasteiger partial charge in [-0.25, -0.2) is 16.8 Å². The molecule has 2 fully saturated rings. The Morgan fingerprint density at radius 2 is 1.69 bits per heavy atom. The van der Waals surface area contributed by atoms with Gasteiger partial charge in [0.15, 0.2) is 9.84 Å². The predicted molar refractivity (Wildman–Crippen MR) is 102 cm³/mol. The average molecular weight is 401 g/mol. The van der Waals surface area contributed by atoms with Crippen molar-refractivity contribution in [2.75, 3.05) is 24.6 Å². The Morgan fingerprint density at radius 1 is 1.04 bits per heavy atom. The third kappa shape index (κ3) is 4.30. The lowest BCUT2D eigenvalue weighted by molar-refractivity contribution is 0.347. The molecule has 0 aromatic heterocycles.